The zero-order chi connectivity index (χ0) is 18.0. The Kier molecular flexibility index (Phi) is 4.14. The summed E-state index contributed by atoms with van der Waals surface area (Å²) in [4.78, 5) is 0.483. The summed E-state index contributed by atoms with van der Waals surface area (Å²) in [5.74, 6) is -0.370. The fourth-order valence-electron chi connectivity index (χ4n) is 3.25. The lowest BCUT2D eigenvalue weighted by atomic mass is 10.1. The Bertz CT molecular complexity index is 882. The van der Waals surface area contributed by atoms with Gasteiger partial charge < -0.3 is 0 Å². The lowest BCUT2D eigenvalue weighted by molar-refractivity contribution is 0.593. The van der Waals surface area contributed by atoms with E-state index in [-0.39, 0.29) is 21.6 Å². The van der Waals surface area contributed by atoms with Gasteiger partial charge >= 0.3 is 0 Å². The minimum Gasteiger partial charge on any atom is -0.218 e. The highest BCUT2D eigenvalue weighted by molar-refractivity contribution is 7.91. The maximum Gasteiger partial charge on any atom is 0.207 e. The molecule has 2 saturated carbocycles. The van der Waals surface area contributed by atoms with E-state index in [4.69, 9.17) is 46.4 Å². The van der Waals surface area contributed by atoms with E-state index >= 15 is 0 Å². The Morgan fingerprint density at radius 3 is 1.36 bits per heavy atom. The number of hydrogen-bond acceptors (Lipinski definition) is 2. The highest BCUT2D eigenvalue weighted by Gasteiger charge is 2.55. The quantitative estimate of drug-likeness (QED) is 0.565. The molecule has 0 radical (unpaired) electrons. The van der Waals surface area contributed by atoms with Gasteiger partial charge in [0.15, 0.2) is 0 Å². The number of sulfone groups is 1. The molecule has 0 spiro atoms. The van der Waals surface area contributed by atoms with Crippen molar-refractivity contribution in [1.29, 1.82) is 0 Å². The van der Waals surface area contributed by atoms with Crippen LogP contribution in [0.25, 0.3) is 0 Å². The second-order valence-corrected chi connectivity index (χ2v) is 11.6. The zero-order valence-electron chi connectivity index (χ0n) is 12.9. The van der Waals surface area contributed by atoms with Crippen molar-refractivity contribution in [3.8, 4) is 0 Å². The largest absolute Gasteiger partial charge is 0.218 e. The second-order valence-electron chi connectivity index (χ2n) is 6.61. The van der Waals surface area contributed by atoms with Gasteiger partial charge in [-0.3, -0.25) is 0 Å². The summed E-state index contributed by atoms with van der Waals surface area (Å²) in [6.45, 7) is 0. The van der Waals surface area contributed by atoms with Gasteiger partial charge in [0.1, 0.15) is 8.67 Å². The predicted octanol–water partition coefficient (Wildman–Crippen LogP) is 5.84. The number of benzene rings is 2. The third-order valence-electron chi connectivity index (χ3n) is 4.82. The van der Waals surface area contributed by atoms with Crippen LogP contribution in [0.2, 0.25) is 0 Å². The summed E-state index contributed by atoms with van der Waals surface area (Å²) in [5, 5.41) is 0. The highest BCUT2D eigenvalue weighted by atomic mass is 35.5. The van der Waals surface area contributed by atoms with E-state index in [2.05, 4.69) is 0 Å². The van der Waals surface area contributed by atoms with E-state index in [1.54, 1.807) is 48.5 Å². The number of alkyl halides is 4. The van der Waals surface area contributed by atoms with Crippen LogP contribution < -0.4 is 0 Å². The van der Waals surface area contributed by atoms with Crippen LogP contribution in [0.5, 0.6) is 0 Å². The van der Waals surface area contributed by atoms with Gasteiger partial charge in [-0.05, 0) is 36.1 Å². The minimum absolute atomic E-state index is 0.185. The molecule has 0 N–H and O–H groups in total. The number of rotatable bonds is 4. The van der Waals surface area contributed by atoms with E-state index in [0.29, 0.717) is 24.0 Å². The molecule has 2 aliphatic rings. The predicted molar refractivity (Wildman–Crippen MR) is 102 cm³/mol. The highest BCUT2D eigenvalue weighted by Crippen LogP contribution is 2.62. The molecule has 2 nitrogen and oxygen atoms in total. The monoisotopic (exact) mass is 434 g/mol. The summed E-state index contributed by atoms with van der Waals surface area (Å²) in [6, 6.07) is 13.8. The molecule has 0 amide bonds. The van der Waals surface area contributed by atoms with Crippen molar-refractivity contribution < 1.29 is 8.42 Å². The van der Waals surface area contributed by atoms with Crippen LogP contribution in [0, 0.1) is 0 Å². The van der Waals surface area contributed by atoms with Gasteiger partial charge in [0.25, 0.3) is 0 Å². The van der Waals surface area contributed by atoms with Crippen molar-refractivity contribution in [2.75, 3.05) is 0 Å². The summed E-state index contributed by atoms with van der Waals surface area (Å²) in [5.41, 5.74) is 1.31. The van der Waals surface area contributed by atoms with Gasteiger partial charge in [-0.2, -0.15) is 0 Å². The van der Waals surface area contributed by atoms with E-state index in [1.165, 1.54) is 0 Å². The van der Waals surface area contributed by atoms with E-state index in [1.807, 2.05) is 0 Å². The molecule has 0 saturated heterocycles. The fraction of sp³-hybridized carbons (Fsp3) is 0.333. The molecule has 2 aromatic carbocycles. The van der Waals surface area contributed by atoms with Gasteiger partial charge in [-0.15, -0.1) is 46.4 Å². The molecule has 132 valence electrons. The van der Waals surface area contributed by atoms with Crippen molar-refractivity contribution in [3.63, 3.8) is 0 Å². The second kappa shape index (κ2) is 5.77. The average Bonchev–Trinajstić information content (AvgIpc) is 3.41. The topological polar surface area (TPSA) is 34.1 Å². The number of halogens is 4. The summed E-state index contributed by atoms with van der Waals surface area (Å²) in [6.07, 6.45) is 1.08. The molecule has 2 aliphatic carbocycles. The summed E-state index contributed by atoms with van der Waals surface area (Å²) in [7, 11) is -3.75. The standard InChI is InChI=1S/C18H14Cl4O2S/c19-17(20)9-13(17)11-5-1-3-7-15(11)25(23,24)16-8-4-2-6-12(16)14-10-18(14,21)22/h1-8,13-14H,9-10H2/t13-,14-/m1/s1. The molecular weight excluding hydrogens is 422 g/mol. The van der Waals surface area contributed by atoms with Crippen molar-refractivity contribution in [1.82, 2.24) is 0 Å². The van der Waals surface area contributed by atoms with Crippen molar-refractivity contribution in [3.05, 3.63) is 59.7 Å². The van der Waals surface area contributed by atoms with E-state index in [0.717, 1.165) is 0 Å². The maximum absolute atomic E-state index is 13.4. The molecule has 0 bridgehead atoms. The van der Waals surface area contributed by atoms with Crippen LogP contribution in [0.3, 0.4) is 0 Å². The van der Waals surface area contributed by atoms with Gasteiger partial charge in [-0.25, -0.2) is 8.42 Å². The molecule has 0 aliphatic heterocycles. The first-order chi connectivity index (χ1) is 11.6. The molecular formula is C18H14Cl4O2S. The molecule has 2 aromatic rings. The Morgan fingerprint density at radius 2 is 1.04 bits per heavy atom. The first-order valence-corrected chi connectivity index (χ1v) is 10.8. The smallest absolute Gasteiger partial charge is 0.207 e. The van der Waals surface area contributed by atoms with Gasteiger partial charge in [0.05, 0.1) is 9.79 Å². The molecule has 0 unspecified atom stereocenters. The van der Waals surface area contributed by atoms with Crippen LogP contribution >= 0.6 is 46.4 Å². The molecule has 2 fully saturated rings. The first-order valence-electron chi connectivity index (χ1n) is 7.83. The Morgan fingerprint density at radius 1 is 0.720 bits per heavy atom. The minimum atomic E-state index is -3.75. The van der Waals surface area contributed by atoms with Crippen molar-refractivity contribution in [2.24, 2.45) is 0 Å². The SMILES string of the molecule is O=S(=O)(c1ccccc1[C@H]1CC1(Cl)Cl)c1ccccc1[C@H]1CC1(Cl)Cl. The van der Waals surface area contributed by atoms with Crippen LogP contribution in [0.15, 0.2) is 58.3 Å². The molecule has 7 heteroatoms. The van der Waals surface area contributed by atoms with Crippen molar-refractivity contribution in [2.45, 2.75) is 43.1 Å². The summed E-state index contributed by atoms with van der Waals surface area (Å²) >= 11 is 24.7. The lowest BCUT2D eigenvalue weighted by Gasteiger charge is -2.14. The van der Waals surface area contributed by atoms with E-state index in [9.17, 15) is 8.42 Å². The Hall–Kier alpha value is -0.450. The van der Waals surface area contributed by atoms with Gasteiger partial charge in [0.2, 0.25) is 9.84 Å². The molecule has 25 heavy (non-hydrogen) atoms. The average molecular weight is 436 g/mol. The number of hydrogen-bond donors (Lipinski definition) is 0. The maximum atomic E-state index is 13.4. The lowest BCUT2D eigenvalue weighted by Crippen LogP contribution is -2.09. The van der Waals surface area contributed by atoms with Crippen LogP contribution in [0.4, 0.5) is 0 Å². The fourth-order valence-corrected chi connectivity index (χ4v) is 6.13. The molecule has 0 heterocycles. The van der Waals surface area contributed by atoms with Gasteiger partial charge in [0, 0.05) is 11.8 Å². The normalized spacial score (nSPS) is 26.2. The molecule has 2 atom stereocenters. The van der Waals surface area contributed by atoms with Crippen LogP contribution in [-0.4, -0.2) is 17.1 Å². The molecule has 4 rings (SSSR count). The summed E-state index contributed by atoms with van der Waals surface area (Å²) < 4.78 is 25.0. The third kappa shape index (κ3) is 3.08. The van der Waals surface area contributed by atoms with Gasteiger partial charge in [-0.1, -0.05) is 36.4 Å². The third-order valence-corrected chi connectivity index (χ3v) is 8.39. The Labute approximate surface area is 167 Å². The Balaban J connectivity index is 1.83. The zero-order valence-corrected chi connectivity index (χ0v) is 16.8. The molecule has 0 aromatic heterocycles. The van der Waals surface area contributed by atoms with Crippen LogP contribution in [0.1, 0.15) is 35.8 Å². The van der Waals surface area contributed by atoms with Crippen molar-refractivity contribution >= 4 is 56.2 Å². The first kappa shape index (κ1) is 17.9. The van der Waals surface area contributed by atoms with E-state index < -0.39 is 18.5 Å². The van der Waals surface area contributed by atoms with Crippen LogP contribution in [-0.2, 0) is 9.84 Å².